The lowest BCUT2D eigenvalue weighted by Crippen LogP contribution is -2.25. The van der Waals surface area contributed by atoms with Crippen LogP contribution in [-0.2, 0) is 13.1 Å². The van der Waals surface area contributed by atoms with Gasteiger partial charge < -0.3 is 19.0 Å². The maximum atomic E-state index is 12.4. The van der Waals surface area contributed by atoms with Crippen LogP contribution in [0.5, 0.6) is 11.5 Å². The van der Waals surface area contributed by atoms with Crippen LogP contribution >= 0.6 is 0 Å². The number of benzene rings is 1. The molecule has 26 heavy (non-hydrogen) atoms. The van der Waals surface area contributed by atoms with Gasteiger partial charge in [0.25, 0.3) is 5.56 Å². The number of H-pyrrole nitrogens is 1. The Morgan fingerprint density at radius 3 is 2.50 bits per heavy atom. The third-order valence-electron chi connectivity index (χ3n) is 4.01. The van der Waals surface area contributed by atoms with E-state index in [-0.39, 0.29) is 5.56 Å². The summed E-state index contributed by atoms with van der Waals surface area (Å²) in [7, 11) is 3.07. The number of nitrogens with zero attached hydrogens (tertiary/aromatic N) is 4. The van der Waals surface area contributed by atoms with Gasteiger partial charge in [0.05, 0.1) is 38.2 Å². The first kappa shape index (κ1) is 17.9. The molecule has 2 heterocycles. The maximum absolute atomic E-state index is 12.4. The fraction of sp³-hybridized carbons (Fsp3) is 0.412. The largest absolute Gasteiger partial charge is 0.493 e. The third kappa shape index (κ3) is 3.67. The summed E-state index contributed by atoms with van der Waals surface area (Å²) in [5.74, 6) is 2.68. The van der Waals surface area contributed by atoms with E-state index in [0.717, 1.165) is 6.54 Å². The van der Waals surface area contributed by atoms with Gasteiger partial charge in [0, 0.05) is 6.07 Å². The summed E-state index contributed by atoms with van der Waals surface area (Å²) >= 11 is 0. The van der Waals surface area contributed by atoms with E-state index in [4.69, 9.17) is 14.0 Å². The zero-order valence-corrected chi connectivity index (χ0v) is 15.2. The van der Waals surface area contributed by atoms with Crippen molar-refractivity contribution in [2.45, 2.75) is 26.9 Å². The van der Waals surface area contributed by atoms with Crippen LogP contribution in [0.15, 0.2) is 21.5 Å². The molecule has 1 aromatic carbocycles. The molecule has 0 amide bonds. The molecule has 0 radical (unpaired) electrons. The van der Waals surface area contributed by atoms with Crippen LogP contribution in [0.4, 0.5) is 0 Å². The fourth-order valence-electron chi connectivity index (χ4n) is 2.68. The minimum absolute atomic E-state index is 0.226. The van der Waals surface area contributed by atoms with Crippen molar-refractivity contribution in [1.29, 1.82) is 0 Å². The Hall–Kier alpha value is -2.94. The summed E-state index contributed by atoms with van der Waals surface area (Å²) in [4.78, 5) is 26.1. The molecule has 0 bridgehead atoms. The normalized spacial score (nSPS) is 11.3. The van der Waals surface area contributed by atoms with Gasteiger partial charge in [-0.1, -0.05) is 12.1 Å². The fourth-order valence-corrected chi connectivity index (χ4v) is 2.68. The minimum Gasteiger partial charge on any atom is -0.493 e. The molecule has 1 N–H and O–H groups in total. The summed E-state index contributed by atoms with van der Waals surface area (Å²) in [5, 5.41) is 4.24. The van der Waals surface area contributed by atoms with E-state index in [1.807, 2.05) is 11.8 Å². The molecule has 0 aliphatic rings. The molecule has 2 aromatic heterocycles. The van der Waals surface area contributed by atoms with E-state index in [2.05, 4.69) is 20.1 Å². The average Bonchev–Trinajstić information content (AvgIpc) is 3.04. The molecule has 0 saturated heterocycles. The van der Waals surface area contributed by atoms with Crippen LogP contribution in [0.25, 0.3) is 10.9 Å². The summed E-state index contributed by atoms with van der Waals surface area (Å²) < 4.78 is 15.7. The Bertz CT molecular complexity index is 965. The Kier molecular flexibility index (Phi) is 5.17. The van der Waals surface area contributed by atoms with E-state index in [1.54, 1.807) is 26.2 Å². The summed E-state index contributed by atoms with van der Waals surface area (Å²) in [6.45, 7) is 5.43. The second-order valence-electron chi connectivity index (χ2n) is 5.78. The van der Waals surface area contributed by atoms with Gasteiger partial charge in [0.15, 0.2) is 17.3 Å². The number of hydrogen-bond donors (Lipinski definition) is 1. The molecule has 0 aliphatic carbocycles. The quantitative estimate of drug-likeness (QED) is 0.679. The summed E-state index contributed by atoms with van der Waals surface area (Å²) in [5.41, 5.74) is 0.321. The average molecular weight is 359 g/mol. The number of ether oxygens (including phenoxy) is 2. The summed E-state index contributed by atoms with van der Waals surface area (Å²) in [6.07, 6.45) is 0. The van der Waals surface area contributed by atoms with Crippen LogP contribution in [0, 0.1) is 6.92 Å². The maximum Gasteiger partial charge on any atom is 0.258 e. The molecular weight excluding hydrogens is 338 g/mol. The van der Waals surface area contributed by atoms with Gasteiger partial charge in [0.1, 0.15) is 5.82 Å². The third-order valence-corrected chi connectivity index (χ3v) is 4.01. The Morgan fingerprint density at radius 2 is 1.88 bits per heavy atom. The molecule has 9 nitrogen and oxygen atoms in total. The van der Waals surface area contributed by atoms with E-state index >= 15 is 0 Å². The predicted octanol–water partition coefficient (Wildman–Crippen LogP) is 1.65. The highest BCUT2D eigenvalue weighted by Crippen LogP contribution is 2.29. The van der Waals surface area contributed by atoms with Crippen molar-refractivity contribution in [3.8, 4) is 11.5 Å². The highest BCUT2D eigenvalue weighted by Gasteiger charge is 2.14. The second kappa shape index (κ2) is 7.52. The first-order valence-electron chi connectivity index (χ1n) is 8.20. The number of aromatic amines is 1. The first-order valence-corrected chi connectivity index (χ1v) is 8.20. The second-order valence-corrected chi connectivity index (χ2v) is 5.78. The van der Waals surface area contributed by atoms with Crippen molar-refractivity contribution in [2.24, 2.45) is 0 Å². The number of aromatic nitrogens is 4. The monoisotopic (exact) mass is 359 g/mol. The number of nitrogens with one attached hydrogen (secondary N) is 1. The van der Waals surface area contributed by atoms with Crippen LogP contribution in [-0.4, -0.2) is 45.8 Å². The molecule has 0 spiro atoms. The van der Waals surface area contributed by atoms with Crippen LogP contribution in [0.3, 0.4) is 0 Å². The Balaban J connectivity index is 1.90. The van der Waals surface area contributed by atoms with Gasteiger partial charge in [-0.3, -0.25) is 9.69 Å². The van der Waals surface area contributed by atoms with Crippen molar-refractivity contribution in [1.82, 2.24) is 25.0 Å². The highest BCUT2D eigenvalue weighted by molar-refractivity contribution is 5.81. The first-order chi connectivity index (χ1) is 12.5. The number of hydrogen-bond acceptors (Lipinski definition) is 8. The van der Waals surface area contributed by atoms with Gasteiger partial charge in [-0.15, -0.1) is 0 Å². The molecule has 3 aromatic rings. The Morgan fingerprint density at radius 1 is 1.15 bits per heavy atom. The smallest absolute Gasteiger partial charge is 0.258 e. The van der Waals surface area contributed by atoms with Gasteiger partial charge >= 0.3 is 0 Å². The van der Waals surface area contributed by atoms with Crippen LogP contribution in [0.1, 0.15) is 24.5 Å². The van der Waals surface area contributed by atoms with Crippen molar-refractivity contribution in [2.75, 3.05) is 20.8 Å². The SMILES string of the molecule is CCN(Cc1nc2cc(OC)c(OC)cc2c(=O)[nH]1)Cc1nc(C)no1. The highest BCUT2D eigenvalue weighted by atomic mass is 16.5. The van der Waals surface area contributed by atoms with Crippen LogP contribution < -0.4 is 15.0 Å². The van der Waals surface area contributed by atoms with Gasteiger partial charge in [0.2, 0.25) is 5.89 Å². The van der Waals surface area contributed by atoms with E-state index in [1.165, 1.54) is 7.11 Å². The standard InChI is InChI=1S/C17H21N5O4/c1-5-22(9-16-18-10(2)21-26-16)8-15-19-12-7-14(25-4)13(24-3)6-11(12)17(23)20-15/h6-7H,5,8-9H2,1-4H3,(H,19,20,23). The van der Waals surface area contributed by atoms with Gasteiger partial charge in [-0.05, 0) is 19.5 Å². The lowest BCUT2D eigenvalue weighted by molar-refractivity contribution is 0.224. The molecule has 3 rings (SSSR count). The van der Waals surface area contributed by atoms with Crippen LogP contribution in [0.2, 0.25) is 0 Å². The van der Waals surface area contributed by atoms with Crippen molar-refractivity contribution < 1.29 is 14.0 Å². The van der Waals surface area contributed by atoms with E-state index < -0.39 is 0 Å². The molecule has 0 fully saturated rings. The molecule has 0 saturated carbocycles. The van der Waals surface area contributed by atoms with Gasteiger partial charge in [-0.25, -0.2) is 4.98 Å². The molecule has 9 heteroatoms. The number of rotatable bonds is 7. The molecule has 0 unspecified atom stereocenters. The molecule has 138 valence electrons. The molecule has 0 atom stereocenters. The number of aryl methyl sites for hydroxylation is 1. The topological polar surface area (TPSA) is 106 Å². The van der Waals surface area contributed by atoms with E-state index in [0.29, 0.717) is 53.0 Å². The van der Waals surface area contributed by atoms with Gasteiger partial charge in [-0.2, -0.15) is 4.98 Å². The predicted molar refractivity (Wildman–Crippen MR) is 94.3 cm³/mol. The zero-order chi connectivity index (χ0) is 18.7. The minimum atomic E-state index is -0.226. The lowest BCUT2D eigenvalue weighted by Gasteiger charge is -2.17. The molecule has 0 aliphatic heterocycles. The number of fused-ring (bicyclic) bond motifs is 1. The van der Waals surface area contributed by atoms with Crippen molar-refractivity contribution in [3.63, 3.8) is 0 Å². The van der Waals surface area contributed by atoms with Crippen molar-refractivity contribution in [3.05, 3.63) is 40.0 Å². The Labute approximate surface area is 149 Å². The number of methoxy groups -OCH3 is 2. The van der Waals surface area contributed by atoms with Crippen molar-refractivity contribution >= 4 is 10.9 Å². The lowest BCUT2D eigenvalue weighted by atomic mass is 10.2. The zero-order valence-electron chi connectivity index (χ0n) is 15.2. The van der Waals surface area contributed by atoms with E-state index in [9.17, 15) is 4.79 Å². The molecular formula is C17H21N5O4. The summed E-state index contributed by atoms with van der Waals surface area (Å²) in [6, 6.07) is 3.33.